The predicted octanol–water partition coefficient (Wildman–Crippen LogP) is 3.15. The van der Waals surface area contributed by atoms with Crippen molar-refractivity contribution in [2.24, 2.45) is 10.2 Å². The average molecular weight is 302 g/mol. The summed E-state index contributed by atoms with van der Waals surface area (Å²) in [4.78, 5) is 11.7. The maximum Gasteiger partial charge on any atom is 0.230 e. The van der Waals surface area contributed by atoms with Gasteiger partial charge in [-0.1, -0.05) is 24.3 Å². The molecule has 2 N–H and O–H groups in total. The summed E-state index contributed by atoms with van der Waals surface area (Å²) in [5.74, 6) is -0.559. The maximum atomic E-state index is 11.7. The van der Waals surface area contributed by atoms with Crippen molar-refractivity contribution >= 4 is 39.8 Å². The number of fused-ring (bicyclic) bond motifs is 1. The van der Waals surface area contributed by atoms with Crippen LogP contribution in [0, 0.1) is 0 Å². The number of nitrogens with zero attached hydrogens (tertiary/aromatic N) is 3. The average Bonchev–Trinajstić information content (AvgIpc) is 2.74. The van der Waals surface area contributed by atoms with Gasteiger partial charge in [0.15, 0.2) is 5.69 Å². The Bertz CT molecular complexity index is 749. The van der Waals surface area contributed by atoms with Crippen LogP contribution < -0.4 is 5.32 Å². The van der Waals surface area contributed by atoms with E-state index in [4.69, 9.17) is 12.2 Å². The molecular formula is C14H14N4O2S. The van der Waals surface area contributed by atoms with Gasteiger partial charge in [0.1, 0.15) is 0 Å². The molecule has 2 rings (SSSR count). The number of hydrogen-bond acceptors (Lipinski definition) is 4. The molecule has 0 saturated carbocycles. The number of hydrogen-bond donors (Lipinski definition) is 2. The van der Waals surface area contributed by atoms with Crippen LogP contribution in [0.3, 0.4) is 0 Å². The van der Waals surface area contributed by atoms with Gasteiger partial charge < -0.3 is 10.4 Å². The molecule has 0 aliphatic heterocycles. The first-order valence-corrected chi connectivity index (χ1v) is 6.61. The van der Waals surface area contributed by atoms with E-state index >= 15 is 0 Å². The van der Waals surface area contributed by atoms with Crippen molar-refractivity contribution in [2.45, 2.75) is 6.92 Å². The van der Waals surface area contributed by atoms with Gasteiger partial charge in [0.05, 0.1) is 5.52 Å². The number of azo groups is 1. The van der Waals surface area contributed by atoms with Crippen LogP contribution in [0.5, 0.6) is 5.88 Å². The Hall–Kier alpha value is -2.54. The minimum atomic E-state index is -0.308. The molecule has 0 spiro atoms. The van der Waals surface area contributed by atoms with Gasteiger partial charge in [-0.15, -0.1) is 16.8 Å². The van der Waals surface area contributed by atoms with Crippen LogP contribution in [0.15, 0.2) is 47.1 Å². The molecule has 6 nitrogen and oxygen atoms in total. The van der Waals surface area contributed by atoms with Crippen LogP contribution in [0.25, 0.3) is 10.9 Å². The quantitative estimate of drug-likeness (QED) is 0.518. The van der Waals surface area contributed by atoms with Crippen LogP contribution in [-0.2, 0) is 0 Å². The van der Waals surface area contributed by atoms with Crippen molar-refractivity contribution in [1.29, 1.82) is 0 Å². The largest absolute Gasteiger partial charge is 0.493 e. The molecule has 0 saturated heterocycles. The molecule has 0 aliphatic carbocycles. The Labute approximate surface area is 126 Å². The van der Waals surface area contributed by atoms with E-state index in [0.717, 1.165) is 0 Å². The van der Waals surface area contributed by atoms with Crippen molar-refractivity contribution < 1.29 is 9.90 Å². The summed E-state index contributed by atoms with van der Waals surface area (Å²) < 4.78 is 1.18. The van der Waals surface area contributed by atoms with Gasteiger partial charge in [-0.3, -0.25) is 4.79 Å². The van der Waals surface area contributed by atoms with E-state index in [-0.39, 0.29) is 22.6 Å². The molecule has 21 heavy (non-hydrogen) atoms. The monoisotopic (exact) mass is 302 g/mol. The van der Waals surface area contributed by atoms with Crippen molar-refractivity contribution in [1.82, 2.24) is 9.88 Å². The standard InChI is InChI=1S/C14H14N4O2S/c1-3-8-15-14(21)17-16-12-10-6-4-5-7-11(10)18(9(2)19)13(12)20/h3-7,20H,1,8H2,2H3,(H,15,21). The molecule has 1 heterocycles. The van der Waals surface area contributed by atoms with Crippen LogP contribution in [0.4, 0.5) is 5.69 Å². The van der Waals surface area contributed by atoms with Gasteiger partial charge in [-0.05, 0) is 18.3 Å². The Kier molecular flexibility index (Phi) is 4.44. The van der Waals surface area contributed by atoms with Gasteiger partial charge in [0.25, 0.3) is 0 Å². The second-order valence-corrected chi connectivity index (χ2v) is 4.61. The molecule has 7 heteroatoms. The molecule has 1 aromatic heterocycles. The molecule has 108 valence electrons. The van der Waals surface area contributed by atoms with Gasteiger partial charge >= 0.3 is 0 Å². The first-order chi connectivity index (χ1) is 10.1. The third-order valence-corrected chi connectivity index (χ3v) is 3.00. The summed E-state index contributed by atoms with van der Waals surface area (Å²) in [5, 5.41) is 21.6. The fraction of sp³-hybridized carbons (Fsp3) is 0.143. The number of benzene rings is 1. The lowest BCUT2D eigenvalue weighted by Crippen LogP contribution is -2.18. The molecular weight excluding hydrogens is 288 g/mol. The lowest BCUT2D eigenvalue weighted by molar-refractivity contribution is 0.0933. The van der Waals surface area contributed by atoms with E-state index in [1.807, 2.05) is 0 Å². The first kappa shape index (κ1) is 14.9. The highest BCUT2D eigenvalue weighted by molar-refractivity contribution is 7.80. The second-order valence-electron chi connectivity index (χ2n) is 4.22. The van der Waals surface area contributed by atoms with E-state index in [2.05, 4.69) is 22.1 Å². The zero-order valence-corrected chi connectivity index (χ0v) is 12.2. The van der Waals surface area contributed by atoms with Gasteiger partial charge in [-0.2, -0.15) is 0 Å². The second kappa shape index (κ2) is 6.27. The summed E-state index contributed by atoms with van der Waals surface area (Å²) in [6, 6.07) is 7.05. The zero-order valence-electron chi connectivity index (χ0n) is 11.4. The number of rotatable bonds is 3. The first-order valence-electron chi connectivity index (χ1n) is 6.20. The van der Waals surface area contributed by atoms with Crippen LogP contribution in [0.1, 0.15) is 11.7 Å². The highest BCUT2D eigenvalue weighted by Gasteiger charge is 2.18. The molecule has 0 bridgehead atoms. The lowest BCUT2D eigenvalue weighted by atomic mass is 10.2. The number of aromatic hydroxyl groups is 1. The number of carbonyl (C=O) groups is 1. The Morgan fingerprint density at radius 1 is 1.52 bits per heavy atom. The molecule has 2 aromatic rings. The Morgan fingerprint density at radius 2 is 2.24 bits per heavy atom. The fourth-order valence-corrected chi connectivity index (χ4v) is 2.04. The topological polar surface area (TPSA) is 79.0 Å². The van der Waals surface area contributed by atoms with E-state index in [9.17, 15) is 9.90 Å². The molecule has 0 amide bonds. The van der Waals surface area contributed by atoms with Crippen molar-refractivity contribution in [2.75, 3.05) is 6.54 Å². The predicted molar refractivity (Wildman–Crippen MR) is 85.2 cm³/mol. The SMILES string of the molecule is C=CCNC(=S)N=Nc1c(O)n(C(C)=O)c2ccccc12. The van der Waals surface area contributed by atoms with E-state index in [0.29, 0.717) is 17.4 Å². The molecule has 0 fully saturated rings. The molecule has 0 unspecified atom stereocenters. The fourth-order valence-electron chi connectivity index (χ4n) is 1.92. The number of thiocarbonyl (C=S) groups is 1. The third-order valence-electron chi connectivity index (χ3n) is 2.78. The van der Waals surface area contributed by atoms with Crippen LogP contribution in [0.2, 0.25) is 0 Å². The van der Waals surface area contributed by atoms with E-state index in [1.54, 1.807) is 30.3 Å². The van der Waals surface area contributed by atoms with Gasteiger partial charge in [0.2, 0.25) is 16.9 Å². The summed E-state index contributed by atoms with van der Waals surface area (Å²) in [6.45, 7) is 5.39. The van der Waals surface area contributed by atoms with E-state index < -0.39 is 0 Å². The number of para-hydroxylation sites is 1. The molecule has 0 atom stereocenters. The summed E-state index contributed by atoms with van der Waals surface area (Å²) >= 11 is 4.97. The Morgan fingerprint density at radius 3 is 2.90 bits per heavy atom. The molecule has 0 radical (unpaired) electrons. The summed E-state index contributed by atoms with van der Waals surface area (Å²) in [6.07, 6.45) is 1.64. The number of aromatic nitrogens is 1. The molecule has 0 aliphatic rings. The molecule has 1 aromatic carbocycles. The summed E-state index contributed by atoms with van der Waals surface area (Å²) in [5.41, 5.74) is 0.782. The number of carbonyl (C=O) groups excluding carboxylic acids is 1. The highest BCUT2D eigenvalue weighted by Crippen LogP contribution is 2.38. The van der Waals surface area contributed by atoms with Crippen LogP contribution in [-0.4, -0.2) is 27.2 Å². The number of nitrogens with one attached hydrogen (secondary N) is 1. The normalized spacial score (nSPS) is 10.9. The highest BCUT2D eigenvalue weighted by atomic mass is 32.1. The van der Waals surface area contributed by atoms with Gasteiger partial charge in [-0.25, -0.2) is 4.57 Å². The maximum absolute atomic E-state index is 11.7. The minimum Gasteiger partial charge on any atom is -0.493 e. The van der Waals surface area contributed by atoms with Crippen molar-refractivity contribution in [3.63, 3.8) is 0 Å². The third kappa shape index (κ3) is 2.97. The van der Waals surface area contributed by atoms with E-state index in [1.165, 1.54) is 11.5 Å². The lowest BCUT2D eigenvalue weighted by Gasteiger charge is -1.99. The van der Waals surface area contributed by atoms with Gasteiger partial charge in [0, 0.05) is 18.9 Å². The smallest absolute Gasteiger partial charge is 0.230 e. The zero-order chi connectivity index (χ0) is 15.4. The van der Waals surface area contributed by atoms with Crippen molar-refractivity contribution in [3.8, 4) is 5.88 Å². The summed E-state index contributed by atoms with van der Waals surface area (Å²) in [7, 11) is 0. The van der Waals surface area contributed by atoms with Crippen LogP contribution >= 0.6 is 12.2 Å². The van der Waals surface area contributed by atoms with Crippen molar-refractivity contribution in [3.05, 3.63) is 36.9 Å². The minimum absolute atomic E-state index is 0.175. The Balaban J connectivity index is 2.47.